The number of benzene rings is 1. The van der Waals surface area contributed by atoms with Gasteiger partial charge in [0, 0.05) is 0 Å². The maximum atomic E-state index is 8.98. The third-order valence-corrected chi connectivity index (χ3v) is 2.65. The standard InChI is InChI=1S/C10H11NO2S/c1-12-8-4-5-9(13-2)10(14-3)7(8)6-11/h4-5H,1-3H3. The minimum atomic E-state index is 0.527. The monoisotopic (exact) mass is 209 g/mol. The second kappa shape index (κ2) is 4.77. The highest BCUT2D eigenvalue weighted by molar-refractivity contribution is 7.98. The van der Waals surface area contributed by atoms with Crippen molar-refractivity contribution in [3.8, 4) is 17.6 Å². The van der Waals surface area contributed by atoms with Gasteiger partial charge in [0.25, 0.3) is 0 Å². The molecule has 0 amide bonds. The van der Waals surface area contributed by atoms with Crippen molar-refractivity contribution >= 4 is 11.8 Å². The number of hydrogen-bond donors (Lipinski definition) is 0. The first-order valence-corrected chi connectivity index (χ1v) is 5.20. The molecule has 1 rings (SSSR count). The molecule has 0 spiro atoms. The van der Waals surface area contributed by atoms with Gasteiger partial charge in [0.05, 0.1) is 19.1 Å². The van der Waals surface area contributed by atoms with Crippen LogP contribution in [-0.2, 0) is 0 Å². The van der Waals surface area contributed by atoms with Crippen LogP contribution in [-0.4, -0.2) is 20.5 Å². The van der Waals surface area contributed by atoms with Crippen LogP contribution < -0.4 is 9.47 Å². The molecule has 0 aliphatic carbocycles. The number of nitrogens with zero attached hydrogens (tertiary/aromatic N) is 1. The van der Waals surface area contributed by atoms with E-state index in [1.54, 1.807) is 26.4 Å². The van der Waals surface area contributed by atoms with Crippen molar-refractivity contribution < 1.29 is 9.47 Å². The largest absolute Gasteiger partial charge is 0.496 e. The molecule has 0 aliphatic heterocycles. The van der Waals surface area contributed by atoms with Crippen molar-refractivity contribution in [3.63, 3.8) is 0 Å². The molecule has 0 bridgehead atoms. The fraction of sp³-hybridized carbons (Fsp3) is 0.300. The van der Waals surface area contributed by atoms with Crippen molar-refractivity contribution in [2.75, 3.05) is 20.5 Å². The van der Waals surface area contributed by atoms with Gasteiger partial charge >= 0.3 is 0 Å². The molecule has 74 valence electrons. The van der Waals surface area contributed by atoms with Crippen LogP contribution in [0.3, 0.4) is 0 Å². The van der Waals surface area contributed by atoms with E-state index < -0.39 is 0 Å². The molecule has 0 saturated heterocycles. The molecule has 0 aromatic heterocycles. The molecule has 3 nitrogen and oxygen atoms in total. The first-order valence-electron chi connectivity index (χ1n) is 3.97. The molecule has 1 aromatic carbocycles. The van der Waals surface area contributed by atoms with Gasteiger partial charge in [0.15, 0.2) is 0 Å². The molecular weight excluding hydrogens is 198 g/mol. The summed E-state index contributed by atoms with van der Waals surface area (Å²) in [6, 6.07) is 5.65. The Morgan fingerprint density at radius 3 is 2.21 bits per heavy atom. The van der Waals surface area contributed by atoms with Gasteiger partial charge in [-0.05, 0) is 18.4 Å². The molecule has 0 radical (unpaired) electrons. The topological polar surface area (TPSA) is 42.2 Å². The van der Waals surface area contributed by atoms with E-state index in [-0.39, 0.29) is 0 Å². The van der Waals surface area contributed by atoms with Crippen molar-refractivity contribution in [1.82, 2.24) is 0 Å². The normalized spacial score (nSPS) is 9.29. The van der Waals surface area contributed by atoms with Gasteiger partial charge < -0.3 is 9.47 Å². The van der Waals surface area contributed by atoms with E-state index in [9.17, 15) is 0 Å². The number of nitriles is 1. The minimum Gasteiger partial charge on any atom is -0.496 e. The van der Waals surface area contributed by atoms with E-state index in [0.717, 1.165) is 4.90 Å². The van der Waals surface area contributed by atoms with E-state index in [1.165, 1.54) is 11.8 Å². The lowest BCUT2D eigenvalue weighted by Crippen LogP contribution is -1.93. The van der Waals surface area contributed by atoms with Crippen LogP contribution in [0.15, 0.2) is 17.0 Å². The summed E-state index contributed by atoms with van der Waals surface area (Å²) in [7, 11) is 3.13. The molecule has 0 saturated carbocycles. The number of thioether (sulfide) groups is 1. The Bertz CT molecular complexity index is 371. The average molecular weight is 209 g/mol. The van der Waals surface area contributed by atoms with Crippen LogP contribution in [0.25, 0.3) is 0 Å². The van der Waals surface area contributed by atoms with Crippen molar-refractivity contribution in [1.29, 1.82) is 5.26 Å². The Balaban J connectivity index is 3.38. The van der Waals surface area contributed by atoms with E-state index in [2.05, 4.69) is 6.07 Å². The van der Waals surface area contributed by atoms with Gasteiger partial charge in [0.2, 0.25) is 0 Å². The highest BCUT2D eigenvalue weighted by Gasteiger charge is 2.13. The Morgan fingerprint density at radius 2 is 1.79 bits per heavy atom. The van der Waals surface area contributed by atoms with E-state index in [4.69, 9.17) is 14.7 Å². The molecule has 0 fully saturated rings. The highest BCUT2D eigenvalue weighted by Crippen LogP contribution is 2.36. The maximum absolute atomic E-state index is 8.98. The number of rotatable bonds is 3. The second-order valence-corrected chi connectivity index (χ2v) is 3.31. The van der Waals surface area contributed by atoms with Crippen LogP contribution in [0.2, 0.25) is 0 Å². The van der Waals surface area contributed by atoms with E-state index in [0.29, 0.717) is 17.1 Å². The molecule has 1 aromatic rings. The lowest BCUT2D eigenvalue weighted by Gasteiger charge is -2.10. The Labute approximate surface area is 87.6 Å². The molecular formula is C10H11NO2S. The molecule has 0 unspecified atom stereocenters. The smallest absolute Gasteiger partial charge is 0.138 e. The summed E-state index contributed by atoms with van der Waals surface area (Å²) >= 11 is 1.47. The average Bonchev–Trinajstić information content (AvgIpc) is 2.26. The van der Waals surface area contributed by atoms with Crippen LogP contribution in [0.4, 0.5) is 0 Å². The van der Waals surface area contributed by atoms with Gasteiger partial charge in [0.1, 0.15) is 23.1 Å². The molecule has 4 heteroatoms. The molecule has 0 atom stereocenters. The predicted molar refractivity (Wildman–Crippen MR) is 56.0 cm³/mol. The van der Waals surface area contributed by atoms with Crippen LogP contribution in [0.1, 0.15) is 5.56 Å². The van der Waals surface area contributed by atoms with Crippen molar-refractivity contribution in [2.45, 2.75) is 4.90 Å². The summed E-state index contributed by atoms with van der Waals surface area (Å²) < 4.78 is 10.2. The zero-order valence-corrected chi connectivity index (χ0v) is 9.14. The first kappa shape index (κ1) is 10.7. The highest BCUT2D eigenvalue weighted by atomic mass is 32.2. The molecule has 14 heavy (non-hydrogen) atoms. The molecule has 0 N–H and O–H groups in total. The lowest BCUT2D eigenvalue weighted by molar-refractivity contribution is 0.393. The zero-order chi connectivity index (χ0) is 10.6. The summed E-state index contributed by atoms with van der Waals surface area (Å²) in [6.45, 7) is 0. The summed E-state index contributed by atoms with van der Waals surface area (Å²) in [5.74, 6) is 1.28. The lowest BCUT2D eigenvalue weighted by atomic mass is 10.2. The van der Waals surface area contributed by atoms with Crippen LogP contribution in [0.5, 0.6) is 11.5 Å². The number of ether oxygens (including phenoxy) is 2. The van der Waals surface area contributed by atoms with Gasteiger partial charge in [-0.25, -0.2) is 0 Å². The summed E-state index contributed by atoms with van der Waals surface area (Å²) in [4.78, 5) is 0.814. The molecule has 0 heterocycles. The van der Waals surface area contributed by atoms with Gasteiger partial charge in [-0.2, -0.15) is 5.26 Å². The maximum Gasteiger partial charge on any atom is 0.138 e. The zero-order valence-electron chi connectivity index (χ0n) is 8.33. The molecule has 0 aliphatic rings. The van der Waals surface area contributed by atoms with Gasteiger partial charge in [-0.15, -0.1) is 11.8 Å². The first-order chi connectivity index (χ1) is 6.78. The van der Waals surface area contributed by atoms with Gasteiger partial charge in [-0.1, -0.05) is 0 Å². The second-order valence-electron chi connectivity index (χ2n) is 2.49. The minimum absolute atomic E-state index is 0.527. The van der Waals surface area contributed by atoms with Gasteiger partial charge in [-0.3, -0.25) is 0 Å². The fourth-order valence-electron chi connectivity index (χ4n) is 1.18. The Hall–Kier alpha value is -1.34. The van der Waals surface area contributed by atoms with Crippen molar-refractivity contribution in [3.05, 3.63) is 17.7 Å². The summed E-state index contributed by atoms with van der Waals surface area (Å²) in [6.07, 6.45) is 1.90. The number of hydrogen-bond acceptors (Lipinski definition) is 4. The Kier molecular flexibility index (Phi) is 3.66. The van der Waals surface area contributed by atoms with E-state index in [1.807, 2.05) is 6.26 Å². The van der Waals surface area contributed by atoms with Crippen molar-refractivity contribution in [2.24, 2.45) is 0 Å². The quantitative estimate of drug-likeness (QED) is 0.716. The third kappa shape index (κ3) is 1.78. The number of methoxy groups -OCH3 is 2. The van der Waals surface area contributed by atoms with Crippen LogP contribution >= 0.6 is 11.8 Å². The van der Waals surface area contributed by atoms with E-state index >= 15 is 0 Å². The third-order valence-electron chi connectivity index (χ3n) is 1.84. The predicted octanol–water partition coefficient (Wildman–Crippen LogP) is 2.30. The summed E-state index contributed by atoms with van der Waals surface area (Å²) in [5.41, 5.74) is 0.527. The SMILES string of the molecule is COc1ccc(OC)c(SC)c1C#N. The fourth-order valence-corrected chi connectivity index (χ4v) is 1.89. The Morgan fingerprint density at radius 1 is 1.21 bits per heavy atom. The summed E-state index contributed by atoms with van der Waals surface area (Å²) in [5, 5.41) is 8.98. The van der Waals surface area contributed by atoms with Crippen LogP contribution in [0, 0.1) is 11.3 Å².